The Morgan fingerprint density at radius 2 is 1.81 bits per heavy atom. The van der Waals surface area contributed by atoms with Crippen molar-refractivity contribution >= 4 is 17.7 Å². The molecular formula is C24H25NO6. The van der Waals surface area contributed by atoms with E-state index >= 15 is 0 Å². The van der Waals surface area contributed by atoms with Crippen LogP contribution in [0.1, 0.15) is 59.2 Å². The zero-order valence-electron chi connectivity index (χ0n) is 17.8. The molecule has 2 aromatic rings. The van der Waals surface area contributed by atoms with Crippen LogP contribution >= 0.6 is 0 Å². The van der Waals surface area contributed by atoms with Gasteiger partial charge in [-0.3, -0.25) is 9.79 Å². The Balaban J connectivity index is 1.84. The molecule has 0 spiro atoms. The molecular weight excluding hydrogens is 398 g/mol. The van der Waals surface area contributed by atoms with Crippen LogP contribution in [0.2, 0.25) is 0 Å². The van der Waals surface area contributed by atoms with Crippen molar-refractivity contribution in [1.29, 1.82) is 0 Å². The van der Waals surface area contributed by atoms with Gasteiger partial charge in [-0.05, 0) is 49.1 Å². The highest BCUT2D eigenvalue weighted by atomic mass is 16.5. The molecule has 0 bridgehead atoms. The molecule has 31 heavy (non-hydrogen) atoms. The second-order valence-corrected chi connectivity index (χ2v) is 7.88. The molecule has 7 heteroatoms. The third-order valence-electron chi connectivity index (χ3n) is 5.99. The fourth-order valence-electron chi connectivity index (χ4n) is 4.62. The van der Waals surface area contributed by atoms with Gasteiger partial charge in [0.1, 0.15) is 6.10 Å². The molecule has 2 aromatic carbocycles. The number of benzene rings is 2. The number of aliphatic imine (C=N–C) groups is 1. The van der Waals surface area contributed by atoms with Crippen molar-refractivity contribution in [3.63, 3.8) is 0 Å². The summed E-state index contributed by atoms with van der Waals surface area (Å²) in [6, 6.07) is 10.7. The Bertz CT molecular complexity index is 1060. The lowest BCUT2D eigenvalue weighted by atomic mass is 9.74. The molecule has 1 aliphatic carbocycles. The Morgan fingerprint density at radius 3 is 2.48 bits per heavy atom. The first-order valence-electron chi connectivity index (χ1n) is 10.3. The third-order valence-corrected chi connectivity index (χ3v) is 5.99. The van der Waals surface area contributed by atoms with E-state index in [2.05, 4.69) is 0 Å². The van der Waals surface area contributed by atoms with Gasteiger partial charge in [-0.15, -0.1) is 0 Å². The van der Waals surface area contributed by atoms with Crippen LogP contribution in [0.4, 0.5) is 0 Å². The second kappa shape index (κ2) is 8.41. The molecule has 3 unspecified atom stereocenters. The van der Waals surface area contributed by atoms with E-state index in [1.54, 1.807) is 32.4 Å². The first-order valence-corrected chi connectivity index (χ1v) is 10.3. The van der Waals surface area contributed by atoms with Gasteiger partial charge in [-0.2, -0.15) is 0 Å². The molecule has 1 N–H and O–H groups in total. The van der Waals surface area contributed by atoms with Gasteiger partial charge in [-0.25, -0.2) is 4.79 Å². The minimum atomic E-state index is -0.981. The van der Waals surface area contributed by atoms with Gasteiger partial charge in [0.2, 0.25) is 0 Å². The second-order valence-electron chi connectivity index (χ2n) is 7.88. The maximum atomic E-state index is 11.5. The Hall–Kier alpha value is -3.35. The standard InChI is InChI=1S/C24H25NO6/c1-13(26)31-16-7-8-20-18(10-16)17-11-21(29-2)22(30-3)12-19(17)23(25-20)14-5-4-6-15(9-14)24(27)28/h4-6,9,11-12,16,18,20H,7-8,10H2,1-3H3,(H,27,28). The van der Waals surface area contributed by atoms with Gasteiger partial charge < -0.3 is 19.3 Å². The lowest BCUT2D eigenvalue weighted by Gasteiger charge is -2.38. The summed E-state index contributed by atoms with van der Waals surface area (Å²) in [5.41, 5.74) is 3.62. The largest absolute Gasteiger partial charge is 0.493 e. The van der Waals surface area contributed by atoms with Crippen LogP contribution < -0.4 is 9.47 Å². The maximum absolute atomic E-state index is 11.5. The number of hydrogen-bond acceptors (Lipinski definition) is 6. The molecule has 1 fully saturated rings. The number of nitrogens with zero attached hydrogens (tertiary/aromatic N) is 1. The van der Waals surface area contributed by atoms with E-state index in [0.717, 1.165) is 35.2 Å². The predicted octanol–water partition coefficient (Wildman–Crippen LogP) is 3.82. The van der Waals surface area contributed by atoms with Crippen LogP contribution in [0.3, 0.4) is 0 Å². The van der Waals surface area contributed by atoms with Crippen LogP contribution in [0.15, 0.2) is 41.4 Å². The van der Waals surface area contributed by atoms with Crippen LogP contribution in [-0.4, -0.2) is 49.1 Å². The van der Waals surface area contributed by atoms with E-state index in [9.17, 15) is 14.7 Å². The molecule has 1 heterocycles. The molecule has 7 nitrogen and oxygen atoms in total. The van der Waals surface area contributed by atoms with Crippen molar-refractivity contribution in [3.05, 3.63) is 58.7 Å². The van der Waals surface area contributed by atoms with Gasteiger partial charge in [-0.1, -0.05) is 12.1 Å². The average Bonchev–Trinajstić information content (AvgIpc) is 2.77. The van der Waals surface area contributed by atoms with Crippen molar-refractivity contribution in [2.45, 2.75) is 44.2 Å². The number of aromatic carboxylic acids is 1. The van der Waals surface area contributed by atoms with Crippen molar-refractivity contribution in [1.82, 2.24) is 0 Å². The van der Waals surface area contributed by atoms with Crippen molar-refractivity contribution in [2.75, 3.05) is 14.2 Å². The summed E-state index contributed by atoms with van der Waals surface area (Å²) >= 11 is 0. The normalized spacial score (nSPS) is 21.9. The highest BCUT2D eigenvalue weighted by Gasteiger charge is 2.38. The summed E-state index contributed by atoms with van der Waals surface area (Å²) in [7, 11) is 3.17. The number of carbonyl (C=O) groups excluding carboxylic acids is 1. The number of carboxylic acids is 1. The highest BCUT2D eigenvalue weighted by molar-refractivity contribution is 6.15. The van der Waals surface area contributed by atoms with Crippen LogP contribution in [-0.2, 0) is 9.53 Å². The fraction of sp³-hybridized carbons (Fsp3) is 0.375. The molecule has 1 saturated carbocycles. The van der Waals surface area contributed by atoms with E-state index in [4.69, 9.17) is 19.2 Å². The van der Waals surface area contributed by atoms with Crippen molar-refractivity contribution < 1.29 is 28.9 Å². The van der Waals surface area contributed by atoms with Gasteiger partial charge in [0.05, 0.1) is 31.5 Å². The maximum Gasteiger partial charge on any atom is 0.335 e. The molecule has 0 radical (unpaired) electrons. The lowest BCUT2D eigenvalue weighted by molar-refractivity contribution is -0.148. The molecule has 0 saturated heterocycles. The number of carboxylic acid groups (broad SMARTS) is 1. The summed E-state index contributed by atoms with van der Waals surface area (Å²) in [5.74, 6) is 0.00984. The van der Waals surface area contributed by atoms with Crippen LogP contribution in [0.5, 0.6) is 11.5 Å². The number of fused-ring (bicyclic) bond motifs is 3. The topological polar surface area (TPSA) is 94.4 Å². The smallest absolute Gasteiger partial charge is 0.335 e. The van der Waals surface area contributed by atoms with E-state index < -0.39 is 5.97 Å². The van der Waals surface area contributed by atoms with Crippen molar-refractivity contribution in [2.24, 2.45) is 4.99 Å². The predicted molar refractivity (Wildman–Crippen MR) is 115 cm³/mol. The first-order chi connectivity index (χ1) is 14.9. The minimum Gasteiger partial charge on any atom is -0.493 e. The first kappa shape index (κ1) is 20.9. The summed E-state index contributed by atoms with van der Waals surface area (Å²) in [4.78, 5) is 28.0. The number of hydrogen-bond donors (Lipinski definition) is 1. The van der Waals surface area contributed by atoms with Gasteiger partial charge in [0, 0.05) is 24.0 Å². The molecule has 1 aliphatic heterocycles. The van der Waals surface area contributed by atoms with Crippen LogP contribution in [0, 0.1) is 0 Å². The Morgan fingerprint density at radius 1 is 1.06 bits per heavy atom. The molecule has 3 atom stereocenters. The number of methoxy groups -OCH3 is 2. The molecule has 0 aromatic heterocycles. The Labute approximate surface area is 180 Å². The highest BCUT2D eigenvalue weighted by Crippen LogP contribution is 2.45. The van der Waals surface area contributed by atoms with E-state index in [-0.39, 0.29) is 29.6 Å². The van der Waals surface area contributed by atoms with Gasteiger partial charge in [0.25, 0.3) is 0 Å². The summed E-state index contributed by atoms with van der Waals surface area (Å²) < 4.78 is 16.6. The zero-order valence-corrected chi connectivity index (χ0v) is 17.8. The van der Waals surface area contributed by atoms with Crippen LogP contribution in [0.25, 0.3) is 0 Å². The quantitative estimate of drug-likeness (QED) is 0.735. The Kier molecular flexibility index (Phi) is 5.67. The van der Waals surface area contributed by atoms with Gasteiger partial charge >= 0.3 is 11.9 Å². The minimum absolute atomic E-state index is 0.0147. The fourth-order valence-corrected chi connectivity index (χ4v) is 4.62. The average molecular weight is 423 g/mol. The molecule has 2 aliphatic rings. The summed E-state index contributed by atoms with van der Waals surface area (Å²) in [5, 5.41) is 9.42. The molecule has 0 amide bonds. The zero-order chi connectivity index (χ0) is 22.1. The number of carbonyl (C=O) groups is 2. The SMILES string of the molecule is COc1cc2c(cc1OC)C1CC(OC(C)=O)CCC1N=C2c1cccc(C(=O)O)c1. The lowest BCUT2D eigenvalue weighted by Crippen LogP contribution is -2.36. The van der Waals surface area contributed by atoms with Crippen molar-refractivity contribution in [3.8, 4) is 11.5 Å². The molecule has 162 valence electrons. The third kappa shape index (κ3) is 4.00. The van der Waals surface area contributed by atoms with E-state index in [1.165, 1.54) is 6.92 Å². The van der Waals surface area contributed by atoms with E-state index in [0.29, 0.717) is 17.9 Å². The van der Waals surface area contributed by atoms with Gasteiger partial charge in [0.15, 0.2) is 11.5 Å². The summed E-state index contributed by atoms with van der Waals surface area (Å²) in [6.07, 6.45) is 2.05. The number of ether oxygens (including phenoxy) is 3. The summed E-state index contributed by atoms with van der Waals surface area (Å²) in [6.45, 7) is 1.43. The molecule has 4 rings (SSSR count). The number of rotatable bonds is 5. The number of esters is 1. The van der Waals surface area contributed by atoms with E-state index in [1.807, 2.05) is 18.2 Å². The monoisotopic (exact) mass is 423 g/mol.